The SMILES string of the molecule is COc1c(N)nc(-c2nn(Cc3ccccc3F)c3c2CCC3)nc1NC(C)=O. The summed E-state index contributed by atoms with van der Waals surface area (Å²) >= 11 is 0. The van der Waals surface area contributed by atoms with E-state index in [-0.39, 0.29) is 29.1 Å². The van der Waals surface area contributed by atoms with Crippen LogP contribution in [0, 0.1) is 5.82 Å². The monoisotopic (exact) mass is 396 g/mol. The average Bonchev–Trinajstić information content (AvgIpc) is 3.26. The summed E-state index contributed by atoms with van der Waals surface area (Å²) in [5.74, 6) is 0.232. The molecule has 8 nitrogen and oxygen atoms in total. The van der Waals surface area contributed by atoms with Crippen molar-refractivity contribution in [1.82, 2.24) is 19.7 Å². The number of nitrogens with one attached hydrogen (secondary N) is 1. The van der Waals surface area contributed by atoms with E-state index in [0.717, 1.165) is 30.5 Å². The molecule has 0 saturated carbocycles. The highest BCUT2D eigenvalue weighted by molar-refractivity contribution is 5.90. The van der Waals surface area contributed by atoms with Crippen molar-refractivity contribution in [3.05, 3.63) is 46.9 Å². The fourth-order valence-corrected chi connectivity index (χ4v) is 3.63. The van der Waals surface area contributed by atoms with E-state index >= 15 is 0 Å². The van der Waals surface area contributed by atoms with Crippen LogP contribution in [-0.2, 0) is 24.2 Å². The van der Waals surface area contributed by atoms with Crippen molar-refractivity contribution in [1.29, 1.82) is 0 Å². The highest BCUT2D eigenvalue weighted by Crippen LogP contribution is 2.35. The molecule has 0 saturated heterocycles. The molecule has 0 bridgehead atoms. The minimum atomic E-state index is -0.303. The summed E-state index contributed by atoms with van der Waals surface area (Å²) in [7, 11) is 1.43. The number of benzene rings is 1. The number of nitrogen functional groups attached to an aromatic ring is 1. The van der Waals surface area contributed by atoms with E-state index in [1.54, 1.807) is 22.9 Å². The van der Waals surface area contributed by atoms with E-state index in [4.69, 9.17) is 10.5 Å². The second kappa shape index (κ2) is 7.50. The van der Waals surface area contributed by atoms with Crippen LogP contribution < -0.4 is 15.8 Å². The molecule has 0 spiro atoms. The van der Waals surface area contributed by atoms with Crippen molar-refractivity contribution in [2.75, 3.05) is 18.2 Å². The molecule has 1 aromatic carbocycles. The second-order valence-corrected chi connectivity index (χ2v) is 6.87. The Bertz CT molecular complexity index is 1090. The molecule has 3 N–H and O–H groups in total. The molecule has 0 aliphatic heterocycles. The van der Waals surface area contributed by atoms with Gasteiger partial charge in [0.05, 0.1) is 13.7 Å². The van der Waals surface area contributed by atoms with E-state index < -0.39 is 0 Å². The molecule has 0 radical (unpaired) electrons. The Morgan fingerprint density at radius 2 is 2.10 bits per heavy atom. The number of aromatic nitrogens is 4. The van der Waals surface area contributed by atoms with Crippen LogP contribution in [-0.4, -0.2) is 32.8 Å². The molecule has 29 heavy (non-hydrogen) atoms. The normalized spacial score (nSPS) is 12.7. The molecule has 0 fully saturated rings. The van der Waals surface area contributed by atoms with Crippen LogP contribution in [0.5, 0.6) is 5.75 Å². The summed E-state index contributed by atoms with van der Waals surface area (Å²) in [6.45, 7) is 1.69. The number of nitrogens with two attached hydrogens (primary N) is 1. The van der Waals surface area contributed by atoms with E-state index in [1.165, 1.54) is 20.1 Å². The molecule has 0 atom stereocenters. The number of hydrogen-bond donors (Lipinski definition) is 2. The zero-order valence-corrected chi connectivity index (χ0v) is 16.2. The Morgan fingerprint density at radius 3 is 2.83 bits per heavy atom. The standard InChI is InChI=1S/C20H21FN6O2/c1-11(28)23-20-17(29-2)18(22)24-19(25-20)16-13-7-5-9-15(13)27(26-16)10-12-6-3-4-8-14(12)21/h3-4,6,8H,5,7,9-10H2,1-2H3,(H3,22,23,24,25,28). The van der Waals surface area contributed by atoms with Gasteiger partial charge in [0.25, 0.3) is 0 Å². The number of carbonyl (C=O) groups is 1. The molecule has 2 heterocycles. The zero-order chi connectivity index (χ0) is 20.5. The lowest BCUT2D eigenvalue weighted by Crippen LogP contribution is -2.12. The maximum Gasteiger partial charge on any atom is 0.222 e. The van der Waals surface area contributed by atoms with Crippen LogP contribution in [0.4, 0.5) is 16.0 Å². The molecule has 0 unspecified atom stereocenters. The molecule has 3 aromatic rings. The number of carbonyl (C=O) groups excluding carboxylic acids is 1. The summed E-state index contributed by atoms with van der Waals surface area (Å²) in [6, 6.07) is 6.65. The van der Waals surface area contributed by atoms with Gasteiger partial charge in [-0.15, -0.1) is 0 Å². The van der Waals surface area contributed by atoms with Crippen molar-refractivity contribution in [3.63, 3.8) is 0 Å². The predicted molar refractivity (Wildman–Crippen MR) is 106 cm³/mol. The first-order valence-corrected chi connectivity index (χ1v) is 9.29. The molecule has 2 aromatic heterocycles. The number of ether oxygens (including phenoxy) is 1. The fraction of sp³-hybridized carbons (Fsp3) is 0.300. The quantitative estimate of drug-likeness (QED) is 0.686. The van der Waals surface area contributed by atoms with Gasteiger partial charge in [-0.25, -0.2) is 14.4 Å². The number of rotatable bonds is 5. The molecule has 1 amide bonds. The Balaban J connectivity index is 1.79. The van der Waals surface area contributed by atoms with Gasteiger partial charge in [0.1, 0.15) is 11.5 Å². The minimum Gasteiger partial charge on any atom is -0.490 e. The number of amides is 1. The van der Waals surface area contributed by atoms with Gasteiger partial charge in [-0.1, -0.05) is 18.2 Å². The number of hydrogen-bond acceptors (Lipinski definition) is 6. The molecule has 1 aliphatic carbocycles. The fourth-order valence-electron chi connectivity index (χ4n) is 3.63. The highest BCUT2D eigenvalue weighted by Gasteiger charge is 2.27. The first kappa shape index (κ1) is 18.9. The van der Waals surface area contributed by atoms with Crippen LogP contribution in [0.3, 0.4) is 0 Å². The zero-order valence-electron chi connectivity index (χ0n) is 16.2. The lowest BCUT2D eigenvalue weighted by molar-refractivity contribution is -0.114. The lowest BCUT2D eigenvalue weighted by atomic mass is 10.2. The number of nitrogens with zero attached hydrogens (tertiary/aromatic N) is 4. The summed E-state index contributed by atoms with van der Waals surface area (Å²) in [4.78, 5) is 20.3. The van der Waals surface area contributed by atoms with Crippen molar-refractivity contribution in [2.24, 2.45) is 0 Å². The average molecular weight is 396 g/mol. The van der Waals surface area contributed by atoms with Crippen LogP contribution in [0.15, 0.2) is 24.3 Å². The molecule has 150 valence electrons. The van der Waals surface area contributed by atoms with E-state index in [1.807, 2.05) is 0 Å². The van der Waals surface area contributed by atoms with Gasteiger partial charge in [0.15, 0.2) is 17.5 Å². The third-order valence-corrected chi connectivity index (χ3v) is 4.89. The van der Waals surface area contributed by atoms with E-state index in [2.05, 4.69) is 20.4 Å². The highest BCUT2D eigenvalue weighted by atomic mass is 19.1. The first-order chi connectivity index (χ1) is 14.0. The number of anilines is 2. The van der Waals surface area contributed by atoms with Gasteiger partial charge in [0.2, 0.25) is 11.7 Å². The third-order valence-electron chi connectivity index (χ3n) is 4.89. The lowest BCUT2D eigenvalue weighted by Gasteiger charge is -2.11. The van der Waals surface area contributed by atoms with E-state index in [9.17, 15) is 9.18 Å². The van der Waals surface area contributed by atoms with Gasteiger partial charge in [-0.3, -0.25) is 9.48 Å². The molecular weight excluding hydrogens is 375 g/mol. The topological polar surface area (TPSA) is 108 Å². The Labute approximate surface area is 166 Å². The maximum atomic E-state index is 14.1. The molecule has 1 aliphatic rings. The predicted octanol–water partition coefficient (Wildman–Crippen LogP) is 2.57. The van der Waals surface area contributed by atoms with Crippen LogP contribution in [0.1, 0.15) is 30.2 Å². The van der Waals surface area contributed by atoms with Gasteiger partial charge in [-0.05, 0) is 25.3 Å². The van der Waals surface area contributed by atoms with Crippen LogP contribution in [0.2, 0.25) is 0 Å². The summed E-state index contributed by atoms with van der Waals surface area (Å²) in [5, 5.41) is 7.29. The van der Waals surface area contributed by atoms with Crippen molar-refractivity contribution < 1.29 is 13.9 Å². The molecular formula is C20H21FN6O2. The number of fused-ring (bicyclic) bond motifs is 1. The first-order valence-electron chi connectivity index (χ1n) is 9.29. The van der Waals surface area contributed by atoms with Crippen LogP contribution in [0.25, 0.3) is 11.5 Å². The largest absolute Gasteiger partial charge is 0.490 e. The Kier molecular flexibility index (Phi) is 4.87. The van der Waals surface area contributed by atoms with Crippen molar-refractivity contribution >= 4 is 17.5 Å². The van der Waals surface area contributed by atoms with Gasteiger partial charge in [0, 0.05) is 23.7 Å². The second-order valence-electron chi connectivity index (χ2n) is 6.87. The third kappa shape index (κ3) is 3.51. The number of halogens is 1. The summed E-state index contributed by atoms with van der Waals surface area (Å²) in [6.07, 6.45) is 2.65. The van der Waals surface area contributed by atoms with Crippen molar-refractivity contribution in [2.45, 2.75) is 32.7 Å². The van der Waals surface area contributed by atoms with Crippen LogP contribution >= 0.6 is 0 Å². The Hall–Kier alpha value is -3.49. The summed E-state index contributed by atoms with van der Waals surface area (Å²) < 4.78 is 21.2. The van der Waals surface area contributed by atoms with Gasteiger partial charge < -0.3 is 15.8 Å². The summed E-state index contributed by atoms with van der Waals surface area (Å²) in [5.41, 5.74) is 9.25. The Morgan fingerprint density at radius 1 is 1.31 bits per heavy atom. The van der Waals surface area contributed by atoms with Gasteiger partial charge in [-0.2, -0.15) is 5.10 Å². The smallest absolute Gasteiger partial charge is 0.222 e. The van der Waals surface area contributed by atoms with Crippen molar-refractivity contribution in [3.8, 4) is 17.3 Å². The molecule has 4 rings (SSSR count). The number of methoxy groups -OCH3 is 1. The molecule has 9 heteroatoms. The van der Waals surface area contributed by atoms with E-state index in [0.29, 0.717) is 23.6 Å². The minimum absolute atomic E-state index is 0.108. The maximum absolute atomic E-state index is 14.1. The van der Waals surface area contributed by atoms with Gasteiger partial charge >= 0.3 is 0 Å².